The third-order valence-corrected chi connectivity index (χ3v) is 7.99. The van der Waals surface area contributed by atoms with Crippen molar-refractivity contribution < 1.29 is 14.4 Å². The normalized spacial score (nSPS) is 51.3. The van der Waals surface area contributed by atoms with E-state index < -0.39 is 0 Å². The molecule has 3 heteroatoms. The molecule has 4 aliphatic carbocycles. The summed E-state index contributed by atoms with van der Waals surface area (Å²) in [4.78, 5) is 37.0. The molecule has 4 aliphatic rings. The zero-order valence-electron chi connectivity index (χ0n) is 13.7. The Hall–Kier alpha value is -0.990. The van der Waals surface area contributed by atoms with E-state index in [0.717, 1.165) is 25.7 Å². The van der Waals surface area contributed by atoms with Gasteiger partial charge in [0, 0.05) is 37.0 Å². The first-order valence-corrected chi connectivity index (χ1v) is 8.94. The third kappa shape index (κ3) is 1.71. The van der Waals surface area contributed by atoms with Gasteiger partial charge in [-0.3, -0.25) is 14.4 Å². The van der Waals surface area contributed by atoms with Crippen molar-refractivity contribution in [3.8, 4) is 0 Å². The maximum Gasteiger partial charge on any atom is 0.139 e. The van der Waals surface area contributed by atoms with Crippen LogP contribution in [-0.2, 0) is 14.4 Å². The van der Waals surface area contributed by atoms with Crippen LogP contribution in [0.2, 0.25) is 0 Å². The van der Waals surface area contributed by atoms with Gasteiger partial charge in [0.25, 0.3) is 0 Å². The zero-order valence-corrected chi connectivity index (χ0v) is 13.7. The molecule has 6 atom stereocenters. The monoisotopic (exact) mass is 302 g/mol. The molecule has 4 fully saturated rings. The molecule has 0 radical (unpaired) electrons. The molecule has 0 aromatic carbocycles. The van der Waals surface area contributed by atoms with Crippen LogP contribution in [0.5, 0.6) is 0 Å². The molecule has 0 bridgehead atoms. The molecule has 5 unspecified atom stereocenters. The molecule has 0 spiro atoms. The fourth-order valence-electron chi connectivity index (χ4n) is 6.61. The van der Waals surface area contributed by atoms with Crippen LogP contribution in [0.3, 0.4) is 0 Å². The SMILES string of the molecule is CC12CCC3C(CC(=O)[C@H]4CC(=O)CCC34C)C1CCC2=O. The average Bonchev–Trinajstić information content (AvgIpc) is 2.77. The van der Waals surface area contributed by atoms with Gasteiger partial charge in [0.1, 0.15) is 17.3 Å². The summed E-state index contributed by atoms with van der Waals surface area (Å²) in [6, 6.07) is 0. The van der Waals surface area contributed by atoms with Crippen LogP contribution in [0, 0.1) is 34.5 Å². The van der Waals surface area contributed by atoms with Crippen LogP contribution in [0.15, 0.2) is 0 Å². The predicted molar refractivity (Wildman–Crippen MR) is 82.1 cm³/mol. The molecule has 4 rings (SSSR count). The molecule has 0 amide bonds. The van der Waals surface area contributed by atoms with Crippen LogP contribution >= 0.6 is 0 Å². The summed E-state index contributed by atoms with van der Waals surface area (Å²) in [5.74, 6) is 2.27. The number of hydrogen-bond donors (Lipinski definition) is 0. The van der Waals surface area contributed by atoms with Crippen LogP contribution in [0.4, 0.5) is 0 Å². The Morgan fingerprint density at radius 2 is 1.68 bits per heavy atom. The Morgan fingerprint density at radius 1 is 0.909 bits per heavy atom. The minimum absolute atomic E-state index is 0.000871. The van der Waals surface area contributed by atoms with Gasteiger partial charge in [-0.1, -0.05) is 13.8 Å². The van der Waals surface area contributed by atoms with Crippen molar-refractivity contribution in [3.05, 3.63) is 0 Å². The fraction of sp³-hybridized carbons (Fsp3) is 0.842. The number of hydrogen-bond acceptors (Lipinski definition) is 3. The van der Waals surface area contributed by atoms with Gasteiger partial charge in [-0.15, -0.1) is 0 Å². The number of Topliss-reactive ketones (excluding diaryl/α,β-unsaturated/α-hetero) is 3. The Bertz CT molecular complexity index is 565. The Morgan fingerprint density at radius 3 is 2.45 bits per heavy atom. The van der Waals surface area contributed by atoms with E-state index in [1.807, 2.05) is 0 Å². The zero-order chi connectivity index (χ0) is 15.7. The fourth-order valence-corrected chi connectivity index (χ4v) is 6.61. The van der Waals surface area contributed by atoms with Gasteiger partial charge in [-0.25, -0.2) is 0 Å². The molecule has 0 N–H and O–H groups in total. The van der Waals surface area contributed by atoms with E-state index in [2.05, 4.69) is 13.8 Å². The topological polar surface area (TPSA) is 51.2 Å². The lowest BCUT2D eigenvalue weighted by Gasteiger charge is -2.58. The minimum atomic E-state index is -0.171. The number of fused-ring (bicyclic) bond motifs is 5. The molecule has 4 saturated carbocycles. The van der Waals surface area contributed by atoms with Crippen LogP contribution < -0.4 is 0 Å². The average molecular weight is 302 g/mol. The standard InChI is InChI=1S/C19H26O3/c1-18-7-5-11(20)9-15(18)16(21)10-12-13-3-4-17(22)19(13,2)8-6-14(12)18/h12-15H,3-10H2,1-2H3/t12?,13?,14?,15-,18?,19?/m1/s1. The molecule has 0 aliphatic heterocycles. The number of rotatable bonds is 0. The second kappa shape index (κ2) is 4.52. The molecule has 22 heavy (non-hydrogen) atoms. The van der Waals surface area contributed by atoms with Gasteiger partial charge in [0.05, 0.1) is 0 Å². The van der Waals surface area contributed by atoms with E-state index in [9.17, 15) is 14.4 Å². The van der Waals surface area contributed by atoms with Crippen LogP contribution in [0.1, 0.15) is 65.2 Å². The van der Waals surface area contributed by atoms with Crippen LogP contribution in [-0.4, -0.2) is 17.3 Å². The highest BCUT2D eigenvalue weighted by atomic mass is 16.1. The lowest BCUT2D eigenvalue weighted by atomic mass is 9.45. The summed E-state index contributed by atoms with van der Waals surface area (Å²) < 4.78 is 0. The lowest BCUT2D eigenvalue weighted by molar-refractivity contribution is -0.159. The largest absolute Gasteiger partial charge is 0.300 e. The first-order valence-electron chi connectivity index (χ1n) is 8.94. The van der Waals surface area contributed by atoms with Crippen molar-refractivity contribution in [3.63, 3.8) is 0 Å². The molecule has 3 nitrogen and oxygen atoms in total. The second-order valence-electron chi connectivity index (χ2n) is 8.77. The van der Waals surface area contributed by atoms with Gasteiger partial charge in [-0.2, -0.15) is 0 Å². The van der Waals surface area contributed by atoms with Crippen LogP contribution in [0.25, 0.3) is 0 Å². The maximum atomic E-state index is 12.8. The summed E-state index contributed by atoms with van der Waals surface area (Å²) in [6.07, 6.45) is 6.34. The smallest absolute Gasteiger partial charge is 0.139 e. The summed E-state index contributed by atoms with van der Waals surface area (Å²) in [5, 5.41) is 0. The van der Waals surface area contributed by atoms with Gasteiger partial charge < -0.3 is 0 Å². The van der Waals surface area contributed by atoms with E-state index in [0.29, 0.717) is 55.0 Å². The summed E-state index contributed by atoms with van der Waals surface area (Å²) in [5.41, 5.74) is -0.171. The quantitative estimate of drug-likeness (QED) is 0.689. The first-order chi connectivity index (χ1) is 10.4. The van der Waals surface area contributed by atoms with Crippen molar-refractivity contribution >= 4 is 17.3 Å². The Kier molecular flexibility index (Phi) is 3.00. The van der Waals surface area contributed by atoms with E-state index in [1.54, 1.807) is 0 Å². The van der Waals surface area contributed by atoms with Gasteiger partial charge in [0.2, 0.25) is 0 Å². The molecule has 0 aromatic rings. The minimum Gasteiger partial charge on any atom is -0.300 e. The van der Waals surface area contributed by atoms with E-state index in [-0.39, 0.29) is 22.5 Å². The maximum absolute atomic E-state index is 12.8. The van der Waals surface area contributed by atoms with Crippen molar-refractivity contribution in [1.82, 2.24) is 0 Å². The highest BCUT2D eigenvalue weighted by molar-refractivity contribution is 5.91. The van der Waals surface area contributed by atoms with Crippen molar-refractivity contribution in [2.45, 2.75) is 65.2 Å². The van der Waals surface area contributed by atoms with Crippen molar-refractivity contribution in [2.24, 2.45) is 34.5 Å². The molecule has 0 aromatic heterocycles. The first kappa shape index (κ1) is 14.6. The summed E-state index contributed by atoms with van der Waals surface area (Å²) >= 11 is 0. The summed E-state index contributed by atoms with van der Waals surface area (Å²) in [7, 11) is 0. The van der Waals surface area contributed by atoms with Crippen molar-refractivity contribution in [2.75, 3.05) is 0 Å². The number of carbonyl (C=O) groups excluding carboxylic acids is 3. The van der Waals surface area contributed by atoms with E-state index in [4.69, 9.17) is 0 Å². The molecule has 120 valence electrons. The van der Waals surface area contributed by atoms with Crippen molar-refractivity contribution in [1.29, 1.82) is 0 Å². The number of ketones is 3. The lowest BCUT2D eigenvalue weighted by Crippen LogP contribution is -2.56. The van der Waals surface area contributed by atoms with Gasteiger partial charge in [-0.05, 0) is 48.9 Å². The molecule has 0 heterocycles. The highest BCUT2D eigenvalue weighted by Crippen LogP contribution is 2.64. The molecular weight excluding hydrogens is 276 g/mol. The van der Waals surface area contributed by atoms with Gasteiger partial charge in [0.15, 0.2) is 0 Å². The Labute approximate surface area is 132 Å². The third-order valence-electron chi connectivity index (χ3n) is 7.99. The summed E-state index contributed by atoms with van der Waals surface area (Å²) in [6.45, 7) is 4.41. The predicted octanol–water partition coefficient (Wildman–Crippen LogP) is 3.35. The highest BCUT2D eigenvalue weighted by Gasteiger charge is 2.62. The Balaban J connectivity index is 1.71. The van der Waals surface area contributed by atoms with E-state index in [1.165, 1.54) is 0 Å². The molecular formula is C19H26O3. The van der Waals surface area contributed by atoms with Gasteiger partial charge >= 0.3 is 0 Å². The molecule has 0 saturated heterocycles. The number of carbonyl (C=O) groups is 3. The second-order valence-corrected chi connectivity index (χ2v) is 8.77. The van der Waals surface area contributed by atoms with E-state index >= 15 is 0 Å².